The third-order valence-corrected chi connectivity index (χ3v) is 4.66. The second-order valence-corrected chi connectivity index (χ2v) is 6.62. The van der Waals surface area contributed by atoms with Gasteiger partial charge in [0.05, 0.1) is 13.1 Å². The number of rotatable bonds is 6. The van der Waals surface area contributed by atoms with Gasteiger partial charge in [0.25, 0.3) is 0 Å². The Morgan fingerprint density at radius 3 is 2.52 bits per heavy atom. The fraction of sp³-hybridized carbons (Fsp3) is 0.500. The Bertz CT molecular complexity index is 561. The maximum absolute atomic E-state index is 4.44. The first-order chi connectivity index (χ1) is 10.4. The Labute approximate surface area is 130 Å². The minimum Gasteiger partial charge on any atom is -0.300 e. The summed E-state index contributed by atoms with van der Waals surface area (Å²) in [5.74, 6) is 2.12. The molecule has 1 aromatic heterocycles. The van der Waals surface area contributed by atoms with Crippen LogP contribution in [-0.4, -0.2) is 38.5 Å². The van der Waals surface area contributed by atoms with Crippen LogP contribution in [0.4, 0.5) is 0 Å². The molecule has 0 aliphatic carbocycles. The van der Waals surface area contributed by atoms with Crippen LogP contribution in [-0.2, 0) is 13.1 Å². The molecule has 0 amide bonds. The molecule has 0 radical (unpaired) electrons. The molecule has 0 N–H and O–H groups in total. The van der Waals surface area contributed by atoms with E-state index in [9.17, 15) is 0 Å². The van der Waals surface area contributed by atoms with Gasteiger partial charge in [0.1, 0.15) is 5.82 Å². The van der Waals surface area contributed by atoms with Crippen molar-refractivity contribution in [2.24, 2.45) is 0 Å². The van der Waals surface area contributed by atoms with E-state index < -0.39 is 0 Å². The van der Waals surface area contributed by atoms with Crippen LogP contribution in [0.2, 0.25) is 0 Å². The molecule has 112 valence electrons. The summed E-state index contributed by atoms with van der Waals surface area (Å²) in [5.41, 5.74) is 1.30. The maximum atomic E-state index is 4.44. The summed E-state index contributed by atoms with van der Waals surface area (Å²) in [5, 5.41) is 9.88. The molecular formula is C16H22N4S. The number of hydrogen-bond donors (Lipinski definition) is 0. The van der Waals surface area contributed by atoms with Gasteiger partial charge in [-0.25, -0.2) is 0 Å². The SMILES string of the molecule is CCSc1nnc(CN2CCCC2)n1Cc1ccccc1. The Kier molecular flexibility index (Phi) is 4.93. The Balaban J connectivity index is 1.81. The highest BCUT2D eigenvalue weighted by Gasteiger charge is 2.18. The lowest BCUT2D eigenvalue weighted by Gasteiger charge is -2.15. The summed E-state index contributed by atoms with van der Waals surface area (Å²) < 4.78 is 2.28. The van der Waals surface area contributed by atoms with Gasteiger partial charge in [0.15, 0.2) is 5.16 Å². The minimum absolute atomic E-state index is 0.860. The molecule has 1 aliphatic rings. The normalized spacial score (nSPS) is 15.7. The third kappa shape index (κ3) is 3.66. The van der Waals surface area contributed by atoms with Gasteiger partial charge < -0.3 is 4.57 Å². The number of hydrogen-bond acceptors (Lipinski definition) is 4. The molecular weight excluding hydrogens is 280 g/mol. The van der Waals surface area contributed by atoms with E-state index in [1.807, 2.05) is 0 Å². The monoisotopic (exact) mass is 302 g/mol. The summed E-state index contributed by atoms with van der Waals surface area (Å²) >= 11 is 1.77. The predicted octanol–water partition coefficient (Wildman–Crippen LogP) is 3.03. The number of thioether (sulfide) groups is 1. The van der Waals surface area contributed by atoms with E-state index in [1.54, 1.807) is 11.8 Å². The van der Waals surface area contributed by atoms with Crippen molar-refractivity contribution in [1.29, 1.82) is 0 Å². The van der Waals surface area contributed by atoms with Gasteiger partial charge in [-0.1, -0.05) is 49.0 Å². The van der Waals surface area contributed by atoms with Crippen LogP contribution < -0.4 is 0 Å². The van der Waals surface area contributed by atoms with Gasteiger partial charge in [0, 0.05) is 0 Å². The van der Waals surface area contributed by atoms with Crippen LogP contribution >= 0.6 is 11.8 Å². The highest BCUT2D eigenvalue weighted by molar-refractivity contribution is 7.99. The third-order valence-electron chi connectivity index (χ3n) is 3.81. The maximum Gasteiger partial charge on any atom is 0.191 e. The Hall–Kier alpha value is -1.33. The smallest absolute Gasteiger partial charge is 0.191 e. The average molecular weight is 302 g/mol. The zero-order valence-corrected chi connectivity index (χ0v) is 13.4. The van der Waals surface area contributed by atoms with Crippen molar-refractivity contribution in [3.8, 4) is 0 Å². The molecule has 0 spiro atoms. The summed E-state index contributed by atoms with van der Waals surface area (Å²) in [6.07, 6.45) is 2.62. The van der Waals surface area contributed by atoms with Gasteiger partial charge in [-0.05, 0) is 37.2 Å². The lowest BCUT2D eigenvalue weighted by Crippen LogP contribution is -2.21. The first-order valence-electron chi connectivity index (χ1n) is 7.68. The molecule has 0 saturated carbocycles. The highest BCUT2D eigenvalue weighted by Crippen LogP contribution is 2.20. The van der Waals surface area contributed by atoms with Crippen LogP contribution in [0.3, 0.4) is 0 Å². The summed E-state index contributed by atoms with van der Waals surface area (Å²) in [6, 6.07) is 10.6. The van der Waals surface area contributed by atoms with Gasteiger partial charge in [-0.3, -0.25) is 4.90 Å². The van der Waals surface area contributed by atoms with Crippen molar-refractivity contribution in [3.63, 3.8) is 0 Å². The molecule has 0 bridgehead atoms. The van der Waals surface area contributed by atoms with Crippen molar-refractivity contribution in [3.05, 3.63) is 41.7 Å². The first-order valence-corrected chi connectivity index (χ1v) is 8.66. The van der Waals surface area contributed by atoms with Crippen LogP contribution in [0.15, 0.2) is 35.5 Å². The quantitative estimate of drug-likeness (QED) is 0.768. The molecule has 3 rings (SSSR count). The fourth-order valence-corrected chi connectivity index (χ4v) is 3.42. The van der Waals surface area contributed by atoms with Crippen LogP contribution in [0, 0.1) is 0 Å². The predicted molar refractivity (Wildman–Crippen MR) is 86.5 cm³/mol. The molecule has 2 aromatic rings. The van der Waals surface area contributed by atoms with E-state index in [4.69, 9.17) is 0 Å². The second kappa shape index (κ2) is 7.09. The number of benzene rings is 1. The molecule has 1 aliphatic heterocycles. The fourth-order valence-electron chi connectivity index (χ4n) is 2.74. The molecule has 1 aromatic carbocycles. The number of aromatic nitrogens is 3. The van der Waals surface area contributed by atoms with E-state index in [-0.39, 0.29) is 0 Å². The Morgan fingerprint density at radius 2 is 1.81 bits per heavy atom. The molecule has 5 heteroatoms. The van der Waals surface area contributed by atoms with Crippen molar-refractivity contribution in [2.75, 3.05) is 18.8 Å². The van der Waals surface area contributed by atoms with E-state index in [2.05, 4.69) is 56.9 Å². The van der Waals surface area contributed by atoms with Crippen LogP contribution in [0.1, 0.15) is 31.2 Å². The molecule has 1 saturated heterocycles. The van der Waals surface area contributed by atoms with E-state index in [0.29, 0.717) is 0 Å². The van der Waals surface area contributed by atoms with E-state index in [1.165, 1.54) is 31.5 Å². The van der Waals surface area contributed by atoms with E-state index in [0.717, 1.165) is 29.8 Å². The minimum atomic E-state index is 0.860. The van der Waals surface area contributed by atoms with Crippen molar-refractivity contribution < 1.29 is 0 Å². The van der Waals surface area contributed by atoms with Crippen molar-refractivity contribution >= 4 is 11.8 Å². The highest BCUT2D eigenvalue weighted by atomic mass is 32.2. The van der Waals surface area contributed by atoms with Gasteiger partial charge >= 0.3 is 0 Å². The molecule has 0 unspecified atom stereocenters. The molecule has 2 heterocycles. The zero-order chi connectivity index (χ0) is 14.5. The van der Waals surface area contributed by atoms with E-state index >= 15 is 0 Å². The van der Waals surface area contributed by atoms with Gasteiger partial charge in [0.2, 0.25) is 0 Å². The molecule has 4 nitrogen and oxygen atoms in total. The van der Waals surface area contributed by atoms with Crippen molar-refractivity contribution in [1.82, 2.24) is 19.7 Å². The Morgan fingerprint density at radius 1 is 1.05 bits per heavy atom. The second-order valence-electron chi connectivity index (χ2n) is 5.39. The average Bonchev–Trinajstić information content (AvgIpc) is 3.14. The lowest BCUT2D eigenvalue weighted by molar-refractivity contribution is 0.316. The summed E-state index contributed by atoms with van der Waals surface area (Å²) in [7, 11) is 0. The largest absolute Gasteiger partial charge is 0.300 e. The standard InChI is InChI=1S/C16H22N4S/c1-2-21-16-18-17-15(13-19-10-6-7-11-19)20(16)12-14-8-4-3-5-9-14/h3-5,8-9H,2,6-7,10-13H2,1H3. The summed E-state index contributed by atoms with van der Waals surface area (Å²) in [6.45, 7) is 6.32. The van der Waals surface area contributed by atoms with Crippen LogP contribution in [0.5, 0.6) is 0 Å². The van der Waals surface area contributed by atoms with Crippen molar-refractivity contribution in [2.45, 2.75) is 38.0 Å². The number of likely N-dealkylation sites (tertiary alicyclic amines) is 1. The molecule has 21 heavy (non-hydrogen) atoms. The van der Waals surface area contributed by atoms with Gasteiger partial charge in [-0.2, -0.15) is 0 Å². The number of nitrogens with zero attached hydrogens (tertiary/aromatic N) is 4. The first kappa shape index (κ1) is 14.6. The molecule has 1 fully saturated rings. The summed E-state index contributed by atoms with van der Waals surface area (Å²) in [4.78, 5) is 2.48. The van der Waals surface area contributed by atoms with Gasteiger partial charge in [-0.15, -0.1) is 10.2 Å². The lowest BCUT2D eigenvalue weighted by atomic mass is 10.2. The zero-order valence-electron chi connectivity index (χ0n) is 12.5. The van der Waals surface area contributed by atoms with Crippen LogP contribution in [0.25, 0.3) is 0 Å². The topological polar surface area (TPSA) is 34.0 Å². The molecule has 0 atom stereocenters.